The number of carbonyl (C=O) groups excluding carboxylic acids is 1. The summed E-state index contributed by atoms with van der Waals surface area (Å²) in [5.41, 5.74) is 1.02. The average molecular weight is 419 g/mol. The molecule has 0 bridgehead atoms. The minimum atomic E-state index is -4.53. The highest BCUT2D eigenvalue weighted by Crippen LogP contribution is 2.25. The van der Waals surface area contributed by atoms with Gasteiger partial charge >= 0.3 is 6.18 Å². The second-order valence-electron chi connectivity index (χ2n) is 5.91. The molecule has 1 heterocycles. The Labute approximate surface area is 164 Å². The van der Waals surface area contributed by atoms with E-state index < -0.39 is 30.7 Å². The number of hydrogen-bond acceptors (Lipinski definition) is 5. The lowest BCUT2D eigenvalue weighted by atomic mass is 10.2. The first-order valence-electron chi connectivity index (χ1n) is 8.15. The van der Waals surface area contributed by atoms with Crippen LogP contribution in [-0.4, -0.2) is 48.0 Å². The molecule has 0 saturated heterocycles. The summed E-state index contributed by atoms with van der Waals surface area (Å²) in [6.07, 6.45) is -4.47. The number of rotatable bonds is 8. The third kappa shape index (κ3) is 7.24. The largest absolute Gasteiger partial charge is 0.491 e. The first-order chi connectivity index (χ1) is 13.1. The number of nitrogens with one attached hydrogen (secondary N) is 1. The van der Waals surface area contributed by atoms with Crippen LogP contribution < -0.4 is 14.8 Å². The van der Waals surface area contributed by atoms with Crippen molar-refractivity contribution in [2.45, 2.75) is 19.2 Å². The molecule has 1 aromatic heterocycles. The van der Waals surface area contributed by atoms with E-state index >= 15 is 0 Å². The summed E-state index contributed by atoms with van der Waals surface area (Å²) in [5, 5.41) is 12.1. The van der Waals surface area contributed by atoms with Gasteiger partial charge in [-0.15, -0.1) is 0 Å². The molecule has 0 aliphatic carbocycles. The summed E-state index contributed by atoms with van der Waals surface area (Å²) in [4.78, 5) is 15.7. The minimum Gasteiger partial charge on any atom is -0.491 e. The molecule has 10 heteroatoms. The number of halogens is 4. The molecule has 2 rings (SSSR count). The number of benzene rings is 1. The van der Waals surface area contributed by atoms with E-state index in [4.69, 9.17) is 16.3 Å². The third-order valence-corrected chi connectivity index (χ3v) is 3.64. The monoisotopic (exact) mass is 418 g/mol. The molecule has 1 unspecified atom stereocenters. The molecule has 0 saturated carbocycles. The molecule has 0 radical (unpaired) electrons. The number of aliphatic hydroxyl groups is 1. The smallest absolute Gasteiger partial charge is 0.422 e. The molecule has 2 aromatic rings. The van der Waals surface area contributed by atoms with Crippen LogP contribution in [0, 0.1) is 6.92 Å². The van der Waals surface area contributed by atoms with Crippen LogP contribution >= 0.6 is 11.6 Å². The number of ether oxygens (including phenoxy) is 2. The fourth-order valence-corrected chi connectivity index (χ4v) is 2.30. The highest BCUT2D eigenvalue weighted by atomic mass is 35.5. The predicted molar refractivity (Wildman–Crippen MR) is 95.8 cm³/mol. The highest BCUT2D eigenvalue weighted by Gasteiger charge is 2.29. The Bertz CT molecular complexity index is 818. The van der Waals surface area contributed by atoms with E-state index in [1.54, 1.807) is 12.1 Å². The van der Waals surface area contributed by atoms with E-state index in [0.29, 0.717) is 5.75 Å². The summed E-state index contributed by atoms with van der Waals surface area (Å²) >= 11 is 5.79. The van der Waals surface area contributed by atoms with Crippen LogP contribution in [0.5, 0.6) is 11.6 Å². The molecule has 1 amide bonds. The summed E-state index contributed by atoms with van der Waals surface area (Å²) in [5.74, 6) is -0.440. The molecule has 2 N–H and O–H groups in total. The van der Waals surface area contributed by atoms with Gasteiger partial charge in [0.2, 0.25) is 5.88 Å². The lowest BCUT2D eigenvalue weighted by Gasteiger charge is -2.14. The number of hydrogen-bond donors (Lipinski definition) is 2. The van der Waals surface area contributed by atoms with E-state index in [-0.39, 0.29) is 23.7 Å². The van der Waals surface area contributed by atoms with Crippen molar-refractivity contribution >= 4 is 17.5 Å². The fraction of sp³-hybridized carbons (Fsp3) is 0.333. The van der Waals surface area contributed by atoms with Crippen LogP contribution in [0.3, 0.4) is 0 Å². The average Bonchev–Trinajstić information content (AvgIpc) is 2.62. The highest BCUT2D eigenvalue weighted by molar-refractivity contribution is 6.32. The molecule has 1 aromatic carbocycles. The molecule has 28 heavy (non-hydrogen) atoms. The van der Waals surface area contributed by atoms with Gasteiger partial charge in [-0.1, -0.05) is 23.7 Å². The van der Waals surface area contributed by atoms with Crippen molar-refractivity contribution in [2.75, 3.05) is 19.8 Å². The van der Waals surface area contributed by atoms with Gasteiger partial charge in [0.15, 0.2) is 6.61 Å². The zero-order valence-corrected chi connectivity index (χ0v) is 15.5. The number of alkyl halides is 3. The topological polar surface area (TPSA) is 80.7 Å². The molecule has 1 atom stereocenters. The first-order valence-corrected chi connectivity index (χ1v) is 8.52. The lowest BCUT2D eigenvalue weighted by molar-refractivity contribution is -0.154. The minimum absolute atomic E-state index is 0.0103. The summed E-state index contributed by atoms with van der Waals surface area (Å²) in [7, 11) is 0. The third-order valence-electron chi connectivity index (χ3n) is 3.37. The van der Waals surface area contributed by atoms with Gasteiger partial charge in [-0.25, -0.2) is 4.98 Å². The van der Waals surface area contributed by atoms with Gasteiger partial charge < -0.3 is 19.9 Å². The van der Waals surface area contributed by atoms with Crippen molar-refractivity contribution in [3.05, 3.63) is 52.7 Å². The number of aryl methyl sites for hydroxylation is 1. The second kappa shape index (κ2) is 9.61. The summed E-state index contributed by atoms with van der Waals surface area (Å²) < 4.78 is 46.4. The normalized spacial score (nSPS) is 12.4. The second-order valence-corrected chi connectivity index (χ2v) is 6.31. The number of aliphatic hydroxyl groups excluding tert-OH is 1. The van der Waals surface area contributed by atoms with Gasteiger partial charge in [-0.2, -0.15) is 13.2 Å². The molecule has 0 aliphatic heterocycles. The van der Waals surface area contributed by atoms with E-state index in [0.717, 1.165) is 17.8 Å². The van der Waals surface area contributed by atoms with Gasteiger partial charge in [-0.05, 0) is 30.7 Å². The van der Waals surface area contributed by atoms with Gasteiger partial charge in [0.05, 0.1) is 5.56 Å². The van der Waals surface area contributed by atoms with Crippen molar-refractivity contribution in [3.63, 3.8) is 0 Å². The zero-order valence-electron chi connectivity index (χ0n) is 14.8. The van der Waals surface area contributed by atoms with Gasteiger partial charge in [0.1, 0.15) is 23.5 Å². The SMILES string of the molecule is Cc1cccc(OCC(O)CNC(=O)c2cnc(OCC(F)(F)F)c(Cl)c2)c1. The Kier molecular flexibility index (Phi) is 7.47. The van der Waals surface area contributed by atoms with Crippen molar-refractivity contribution in [2.24, 2.45) is 0 Å². The predicted octanol–water partition coefficient (Wildman–Crippen LogP) is 3.15. The zero-order chi connectivity index (χ0) is 20.7. The number of pyridine rings is 1. The van der Waals surface area contributed by atoms with Crippen molar-refractivity contribution in [1.82, 2.24) is 10.3 Å². The van der Waals surface area contributed by atoms with Crippen LogP contribution in [0.15, 0.2) is 36.5 Å². The number of nitrogens with zero attached hydrogens (tertiary/aromatic N) is 1. The molecular weight excluding hydrogens is 401 g/mol. The Morgan fingerprint density at radius 1 is 1.32 bits per heavy atom. The molecular formula is C18H18ClF3N2O4. The van der Waals surface area contributed by atoms with E-state index in [9.17, 15) is 23.1 Å². The van der Waals surface area contributed by atoms with E-state index in [1.165, 1.54) is 0 Å². The molecule has 152 valence electrons. The quantitative estimate of drug-likeness (QED) is 0.688. The Morgan fingerprint density at radius 3 is 2.71 bits per heavy atom. The fourth-order valence-electron chi connectivity index (χ4n) is 2.07. The van der Waals surface area contributed by atoms with Crippen LogP contribution in [-0.2, 0) is 0 Å². The van der Waals surface area contributed by atoms with Crippen molar-refractivity contribution in [1.29, 1.82) is 0 Å². The number of carbonyl (C=O) groups is 1. The van der Waals surface area contributed by atoms with Crippen molar-refractivity contribution in [3.8, 4) is 11.6 Å². The van der Waals surface area contributed by atoms with Crippen LogP contribution in [0.4, 0.5) is 13.2 Å². The Hall–Kier alpha value is -2.52. The van der Waals surface area contributed by atoms with E-state index in [1.807, 2.05) is 19.1 Å². The maximum atomic E-state index is 12.2. The van der Waals surface area contributed by atoms with Crippen molar-refractivity contribution < 1.29 is 32.5 Å². The van der Waals surface area contributed by atoms with Crippen LogP contribution in [0.25, 0.3) is 0 Å². The van der Waals surface area contributed by atoms with E-state index in [2.05, 4.69) is 15.0 Å². The van der Waals surface area contributed by atoms with Gasteiger partial charge in [0.25, 0.3) is 5.91 Å². The Morgan fingerprint density at radius 2 is 2.07 bits per heavy atom. The Balaban J connectivity index is 1.82. The first kappa shape index (κ1) is 21.8. The maximum Gasteiger partial charge on any atom is 0.422 e. The molecule has 6 nitrogen and oxygen atoms in total. The summed E-state index contributed by atoms with van der Waals surface area (Å²) in [6, 6.07) is 8.40. The lowest BCUT2D eigenvalue weighted by Crippen LogP contribution is -2.35. The summed E-state index contributed by atoms with van der Waals surface area (Å²) in [6.45, 7) is 0.224. The van der Waals surface area contributed by atoms with Gasteiger partial charge in [0, 0.05) is 12.7 Å². The number of aromatic nitrogens is 1. The molecule has 0 spiro atoms. The standard InChI is InChI=1S/C18H18ClF3N2O4/c1-11-3-2-4-14(5-11)27-9-13(25)8-23-16(26)12-6-15(19)17(24-7-12)28-10-18(20,21)22/h2-7,13,25H,8-10H2,1H3,(H,23,26). The van der Waals surface area contributed by atoms with Crippen LogP contribution in [0.2, 0.25) is 5.02 Å². The van der Waals surface area contributed by atoms with Gasteiger partial charge in [-0.3, -0.25) is 4.79 Å². The molecule has 0 fully saturated rings. The van der Waals surface area contributed by atoms with Crippen LogP contribution in [0.1, 0.15) is 15.9 Å². The maximum absolute atomic E-state index is 12.2. The molecule has 0 aliphatic rings. The number of amides is 1.